The van der Waals surface area contributed by atoms with E-state index in [1.807, 2.05) is 11.3 Å². The van der Waals surface area contributed by atoms with Crippen LogP contribution in [0.4, 0.5) is 11.8 Å². The average Bonchev–Trinajstić information content (AvgIpc) is 3.22. The van der Waals surface area contributed by atoms with Crippen molar-refractivity contribution in [3.63, 3.8) is 0 Å². The molecule has 1 aliphatic carbocycles. The van der Waals surface area contributed by atoms with E-state index in [0.717, 1.165) is 36.2 Å². The Kier molecular flexibility index (Phi) is 4.35. The molecule has 1 N–H and O–H groups in total. The van der Waals surface area contributed by atoms with E-state index in [1.165, 1.54) is 54.4 Å². The SMILES string of the molecule is COCCNc1nc(N2CCCC2)nc2sc3c(c12)CCCC3. The van der Waals surface area contributed by atoms with Crippen LogP contribution in [0.25, 0.3) is 10.2 Å². The topological polar surface area (TPSA) is 50.3 Å². The molecule has 3 heterocycles. The number of aryl methyl sites for hydroxylation is 2. The number of hydrogen-bond donors (Lipinski definition) is 1. The fourth-order valence-electron chi connectivity index (χ4n) is 3.60. The number of rotatable bonds is 5. The molecule has 6 heteroatoms. The van der Waals surface area contributed by atoms with Crippen LogP contribution < -0.4 is 10.2 Å². The molecule has 0 spiro atoms. The van der Waals surface area contributed by atoms with Crippen LogP contribution in [0.3, 0.4) is 0 Å². The maximum atomic E-state index is 5.19. The van der Waals surface area contributed by atoms with E-state index in [1.54, 1.807) is 7.11 Å². The van der Waals surface area contributed by atoms with Crippen molar-refractivity contribution in [3.05, 3.63) is 10.4 Å². The lowest BCUT2D eigenvalue weighted by Crippen LogP contribution is -2.21. The van der Waals surface area contributed by atoms with Gasteiger partial charge in [-0.2, -0.15) is 4.98 Å². The third-order valence-corrected chi connectivity index (χ3v) is 5.98. The van der Waals surface area contributed by atoms with Gasteiger partial charge in [-0.3, -0.25) is 0 Å². The predicted octanol–water partition coefficient (Wildman–Crippen LogP) is 3.23. The third kappa shape index (κ3) is 2.90. The second-order valence-electron chi connectivity index (χ2n) is 6.38. The first-order chi connectivity index (χ1) is 11.4. The van der Waals surface area contributed by atoms with Crippen molar-refractivity contribution in [1.29, 1.82) is 0 Å². The highest BCUT2D eigenvalue weighted by atomic mass is 32.1. The molecule has 124 valence electrons. The van der Waals surface area contributed by atoms with E-state index in [4.69, 9.17) is 14.7 Å². The molecule has 0 saturated carbocycles. The van der Waals surface area contributed by atoms with E-state index in [9.17, 15) is 0 Å². The molecule has 0 aromatic carbocycles. The number of anilines is 2. The highest BCUT2D eigenvalue weighted by molar-refractivity contribution is 7.19. The van der Waals surface area contributed by atoms with Gasteiger partial charge < -0.3 is 15.0 Å². The van der Waals surface area contributed by atoms with Crippen molar-refractivity contribution in [2.45, 2.75) is 38.5 Å². The number of methoxy groups -OCH3 is 1. The van der Waals surface area contributed by atoms with Gasteiger partial charge in [-0.05, 0) is 44.1 Å². The summed E-state index contributed by atoms with van der Waals surface area (Å²) in [4.78, 5) is 14.8. The molecule has 2 aromatic heterocycles. The predicted molar refractivity (Wildman–Crippen MR) is 95.9 cm³/mol. The molecule has 5 nitrogen and oxygen atoms in total. The van der Waals surface area contributed by atoms with Crippen LogP contribution in [0, 0.1) is 0 Å². The largest absolute Gasteiger partial charge is 0.383 e. The van der Waals surface area contributed by atoms with Gasteiger partial charge in [0.2, 0.25) is 5.95 Å². The molecule has 0 atom stereocenters. The Morgan fingerprint density at radius 3 is 2.78 bits per heavy atom. The first-order valence-electron chi connectivity index (χ1n) is 8.67. The molecule has 2 aromatic rings. The van der Waals surface area contributed by atoms with Crippen LogP contribution in [0.5, 0.6) is 0 Å². The highest BCUT2D eigenvalue weighted by Gasteiger charge is 2.23. The van der Waals surface area contributed by atoms with E-state index >= 15 is 0 Å². The van der Waals surface area contributed by atoms with Crippen LogP contribution in [-0.2, 0) is 17.6 Å². The molecule has 1 saturated heterocycles. The van der Waals surface area contributed by atoms with E-state index in [0.29, 0.717) is 6.61 Å². The Hall–Kier alpha value is -1.40. The summed E-state index contributed by atoms with van der Waals surface area (Å²) >= 11 is 1.88. The minimum Gasteiger partial charge on any atom is -0.383 e. The van der Waals surface area contributed by atoms with Crippen molar-refractivity contribution in [1.82, 2.24) is 9.97 Å². The highest BCUT2D eigenvalue weighted by Crippen LogP contribution is 2.39. The van der Waals surface area contributed by atoms with Crippen molar-refractivity contribution < 1.29 is 4.74 Å². The number of nitrogens with zero attached hydrogens (tertiary/aromatic N) is 3. The van der Waals surface area contributed by atoms with Crippen LogP contribution in [0.15, 0.2) is 0 Å². The first-order valence-corrected chi connectivity index (χ1v) is 9.48. The molecule has 23 heavy (non-hydrogen) atoms. The lowest BCUT2D eigenvalue weighted by atomic mass is 9.97. The molecule has 0 radical (unpaired) electrons. The van der Waals surface area contributed by atoms with Gasteiger partial charge in [0.1, 0.15) is 10.6 Å². The Balaban J connectivity index is 1.77. The first kappa shape index (κ1) is 15.1. The maximum absolute atomic E-state index is 5.19. The summed E-state index contributed by atoms with van der Waals surface area (Å²) in [6.45, 7) is 3.63. The number of aromatic nitrogens is 2. The van der Waals surface area contributed by atoms with Gasteiger partial charge in [-0.25, -0.2) is 4.98 Å². The smallest absolute Gasteiger partial charge is 0.228 e. The monoisotopic (exact) mass is 332 g/mol. The molecule has 1 aliphatic heterocycles. The Morgan fingerprint density at radius 1 is 1.13 bits per heavy atom. The van der Waals surface area contributed by atoms with E-state index < -0.39 is 0 Å². The summed E-state index contributed by atoms with van der Waals surface area (Å²) in [5.41, 5.74) is 1.49. The van der Waals surface area contributed by atoms with Crippen molar-refractivity contribution in [3.8, 4) is 0 Å². The van der Waals surface area contributed by atoms with E-state index in [-0.39, 0.29) is 0 Å². The summed E-state index contributed by atoms with van der Waals surface area (Å²) in [6.07, 6.45) is 7.44. The van der Waals surface area contributed by atoms with E-state index in [2.05, 4.69) is 10.2 Å². The number of hydrogen-bond acceptors (Lipinski definition) is 6. The second-order valence-corrected chi connectivity index (χ2v) is 7.46. The zero-order chi connectivity index (χ0) is 15.6. The summed E-state index contributed by atoms with van der Waals surface area (Å²) in [6, 6.07) is 0. The van der Waals surface area contributed by atoms with Gasteiger partial charge in [0.05, 0.1) is 12.0 Å². The molecule has 0 bridgehead atoms. The van der Waals surface area contributed by atoms with Crippen molar-refractivity contribution >= 4 is 33.3 Å². The average molecular weight is 332 g/mol. The lowest BCUT2D eigenvalue weighted by Gasteiger charge is -2.17. The number of fused-ring (bicyclic) bond motifs is 3. The van der Waals surface area contributed by atoms with Gasteiger partial charge in [0.25, 0.3) is 0 Å². The quantitative estimate of drug-likeness (QED) is 0.852. The van der Waals surface area contributed by atoms with Crippen LogP contribution in [-0.4, -0.2) is 43.3 Å². The third-order valence-electron chi connectivity index (χ3n) is 4.79. The molecular weight excluding hydrogens is 308 g/mol. The Labute approximate surface area is 141 Å². The summed E-state index contributed by atoms with van der Waals surface area (Å²) in [5, 5.41) is 4.76. The number of nitrogens with one attached hydrogen (secondary N) is 1. The fourth-order valence-corrected chi connectivity index (χ4v) is 4.86. The number of thiophene rings is 1. The zero-order valence-corrected chi connectivity index (χ0v) is 14.5. The van der Waals surface area contributed by atoms with Gasteiger partial charge in [0, 0.05) is 31.6 Å². The van der Waals surface area contributed by atoms with Crippen molar-refractivity contribution in [2.24, 2.45) is 0 Å². The van der Waals surface area contributed by atoms with Crippen LogP contribution in [0.1, 0.15) is 36.1 Å². The molecular formula is C17H24N4OS. The fraction of sp³-hybridized carbons (Fsp3) is 0.647. The molecule has 0 unspecified atom stereocenters. The summed E-state index contributed by atoms with van der Waals surface area (Å²) in [7, 11) is 1.74. The zero-order valence-electron chi connectivity index (χ0n) is 13.7. The number of ether oxygens (including phenoxy) is 1. The summed E-state index contributed by atoms with van der Waals surface area (Å²) in [5.74, 6) is 1.90. The summed E-state index contributed by atoms with van der Waals surface area (Å²) < 4.78 is 5.19. The Morgan fingerprint density at radius 2 is 1.96 bits per heavy atom. The second kappa shape index (κ2) is 6.61. The molecule has 0 amide bonds. The van der Waals surface area contributed by atoms with Gasteiger partial charge >= 0.3 is 0 Å². The Bertz CT molecular complexity index is 693. The lowest BCUT2D eigenvalue weighted by molar-refractivity contribution is 0.210. The van der Waals surface area contributed by atoms with Gasteiger partial charge in [-0.15, -0.1) is 11.3 Å². The van der Waals surface area contributed by atoms with Gasteiger partial charge in [0.15, 0.2) is 0 Å². The van der Waals surface area contributed by atoms with Gasteiger partial charge in [-0.1, -0.05) is 0 Å². The molecule has 1 fully saturated rings. The molecule has 2 aliphatic rings. The maximum Gasteiger partial charge on any atom is 0.228 e. The standard InChI is InChI=1S/C17H24N4OS/c1-22-11-8-18-15-14-12-6-2-3-7-13(12)23-16(14)20-17(19-15)21-9-4-5-10-21/h2-11H2,1H3,(H,18,19,20). The minimum absolute atomic E-state index is 0.691. The minimum atomic E-state index is 0.691. The normalized spacial score (nSPS) is 17.7. The van der Waals surface area contributed by atoms with Crippen LogP contribution in [0.2, 0.25) is 0 Å². The van der Waals surface area contributed by atoms with Crippen molar-refractivity contribution in [2.75, 3.05) is 43.6 Å². The molecule has 4 rings (SSSR count). The van der Waals surface area contributed by atoms with Crippen LogP contribution >= 0.6 is 11.3 Å².